The quantitative estimate of drug-likeness (QED) is 0.0199. The second-order valence-electron chi connectivity index (χ2n) is 7.28. The van der Waals surface area contributed by atoms with Crippen LogP contribution in [0.15, 0.2) is 65.2 Å². The van der Waals surface area contributed by atoms with Crippen LogP contribution in [0, 0.1) is 11.8 Å². The molecule has 0 rings (SSSR count). The highest BCUT2D eigenvalue weighted by Crippen LogP contribution is 2.41. The zero-order valence-corrected chi connectivity index (χ0v) is 30.6. The van der Waals surface area contributed by atoms with Crippen LogP contribution < -0.4 is 30.4 Å². The molecule has 22 nitrogen and oxygen atoms in total. The van der Waals surface area contributed by atoms with Gasteiger partial charge in [-0.05, 0) is 12.1 Å². The Hall–Kier alpha value is -1.49. The highest BCUT2D eigenvalue weighted by atomic mass is 31.2. The van der Waals surface area contributed by atoms with E-state index >= 15 is 0 Å². The highest BCUT2D eigenvalue weighted by Gasteiger charge is 2.21. The number of hydrogen-bond donors (Lipinski definition) is 3. The van der Waals surface area contributed by atoms with Crippen molar-refractivity contribution in [3.05, 3.63) is 65.2 Å². The van der Waals surface area contributed by atoms with Gasteiger partial charge < -0.3 is 61.8 Å². The van der Waals surface area contributed by atoms with Crippen molar-refractivity contribution in [1.29, 1.82) is 0 Å². The number of nitrogens with one attached hydrogen (secondary N) is 2. The van der Waals surface area contributed by atoms with Crippen LogP contribution in [0.5, 0.6) is 0 Å². The molecule has 6 atom stereocenters. The summed E-state index contributed by atoms with van der Waals surface area (Å²) in [6.07, 6.45) is 1.21. The lowest BCUT2D eigenvalue weighted by molar-refractivity contribution is -0.700. The van der Waals surface area contributed by atoms with Crippen molar-refractivity contribution < 1.29 is 99.2 Å². The van der Waals surface area contributed by atoms with Gasteiger partial charge in [0.15, 0.2) is 13.9 Å². The number of rotatable bonds is 27. The van der Waals surface area contributed by atoms with Gasteiger partial charge in [-0.1, -0.05) is 0 Å². The lowest BCUT2D eigenvalue weighted by atomic mass is 10.2. The second kappa shape index (κ2) is 36.3. The molecule has 6 unspecified atom stereocenters. The molecule has 0 aromatic rings. The molecule has 0 fully saturated rings. The minimum absolute atomic E-state index is 0.0238. The third-order valence-corrected chi connectivity index (χ3v) is 6.53. The van der Waals surface area contributed by atoms with Crippen LogP contribution in [0.2, 0.25) is 0 Å². The fourth-order valence-electron chi connectivity index (χ4n) is 2.04. The van der Waals surface area contributed by atoms with Crippen LogP contribution in [0.25, 0.3) is 0 Å². The molecule has 0 aliphatic heterocycles. The topological polar surface area (TPSA) is 306 Å². The molecule has 0 aromatic carbocycles. The van der Waals surface area contributed by atoms with Gasteiger partial charge in [-0.25, -0.2) is 4.89 Å². The van der Waals surface area contributed by atoms with E-state index in [0.717, 1.165) is 6.66 Å². The largest absolute Gasteiger partial charge is 0.769 e. The summed E-state index contributed by atoms with van der Waals surface area (Å²) in [5.74, 6) is -2.06. The zero-order chi connectivity index (χ0) is 39.4. The summed E-state index contributed by atoms with van der Waals surface area (Å²) in [6.45, 7) is 20.1. The summed E-state index contributed by atoms with van der Waals surface area (Å²) < 4.78 is 84.2. The first-order chi connectivity index (χ1) is 23.0. The summed E-state index contributed by atoms with van der Waals surface area (Å²) in [4.78, 5) is 62.1. The molecule has 27 heteroatoms. The van der Waals surface area contributed by atoms with Crippen molar-refractivity contribution in [3.63, 3.8) is 0 Å². The summed E-state index contributed by atoms with van der Waals surface area (Å²) in [7, 11) is -17.7. The Labute approximate surface area is 284 Å². The minimum atomic E-state index is -5.06. The third-order valence-electron chi connectivity index (χ3n) is 3.66. The van der Waals surface area contributed by atoms with Crippen LogP contribution in [0.4, 0.5) is 4.48 Å². The molecular formula is C22H45FN2O20P4-4. The minimum Gasteiger partial charge on any atom is -0.769 e. The average molecular weight is 800 g/mol. The first-order valence-corrected chi connectivity index (χ1v) is 19.2. The van der Waals surface area contributed by atoms with Crippen LogP contribution in [-0.2, 0) is 70.3 Å². The fraction of sp³-hybridized carbons (Fsp3) is 0.545. The number of phosphoric acid groups is 3. The Morgan fingerprint density at radius 2 is 1.14 bits per heavy atom. The molecule has 0 aliphatic rings. The van der Waals surface area contributed by atoms with E-state index in [4.69, 9.17) is 4.89 Å². The summed E-state index contributed by atoms with van der Waals surface area (Å²) in [6, 6.07) is 0. The van der Waals surface area contributed by atoms with E-state index in [1.165, 1.54) is 12.6 Å². The lowest BCUT2D eigenvalue weighted by Crippen LogP contribution is -2.29. The first-order valence-electron chi connectivity index (χ1n) is 12.8. The van der Waals surface area contributed by atoms with Crippen molar-refractivity contribution in [3.8, 4) is 0 Å². The molecule has 294 valence electrons. The summed E-state index contributed by atoms with van der Waals surface area (Å²) in [5.41, 5.74) is 1.19. The Balaban J connectivity index is -0.000000746. The fourth-order valence-corrected chi connectivity index (χ4v) is 4.34. The maximum atomic E-state index is 12.6. The van der Waals surface area contributed by atoms with E-state index in [-0.39, 0.29) is 6.54 Å². The molecule has 3 N–H and O–H groups in total. The van der Waals surface area contributed by atoms with E-state index in [2.05, 4.69) is 110 Å². The van der Waals surface area contributed by atoms with E-state index in [9.17, 15) is 42.3 Å². The normalized spacial score (nSPS) is 16.7. The van der Waals surface area contributed by atoms with Gasteiger partial charge in [0.05, 0.1) is 33.0 Å². The zero-order valence-electron chi connectivity index (χ0n) is 27.0. The van der Waals surface area contributed by atoms with Crippen molar-refractivity contribution in [2.24, 2.45) is 11.8 Å². The van der Waals surface area contributed by atoms with Gasteiger partial charge in [0.1, 0.15) is 12.9 Å². The monoisotopic (exact) mass is 800 g/mol. The van der Waals surface area contributed by atoms with Gasteiger partial charge in [-0.15, -0.1) is 57.1 Å². The number of hydrogen-bond acceptors (Lipinski definition) is 21. The van der Waals surface area contributed by atoms with E-state index in [1.807, 2.05) is 0 Å². The average Bonchev–Trinajstić information content (AvgIpc) is 3.05. The molecular weight excluding hydrogens is 755 g/mol. The Morgan fingerprint density at radius 1 is 0.694 bits per heavy atom. The van der Waals surface area contributed by atoms with Crippen LogP contribution in [-0.4, -0.2) is 71.3 Å². The van der Waals surface area contributed by atoms with Crippen molar-refractivity contribution in [1.82, 2.24) is 10.9 Å². The van der Waals surface area contributed by atoms with Crippen molar-refractivity contribution in [2.75, 3.05) is 66.4 Å². The molecule has 0 spiro atoms. The molecule has 0 aliphatic carbocycles. The molecule has 0 radical (unpaired) electrons. The van der Waals surface area contributed by atoms with Gasteiger partial charge in [0, 0.05) is 41.7 Å². The van der Waals surface area contributed by atoms with Crippen LogP contribution in [0.3, 0.4) is 0 Å². The molecule has 0 heterocycles. The molecule has 0 amide bonds. The predicted octanol–water partition coefficient (Wildman–Crippen LogP) is 1.02. The standard InChI is InChI=1S/C14H33FN2O20P4.4C2H4/c1-16-7-13(9-31-39(20,21)22)10-33-41(25,26)34-12-14(8-17-15)11-32-40(23,24)30-6-4-28-36-37-35-27-3-5-29-38(2,18)19;4*1-2/h3,5,13-14,16-17H,4,6-12H2,1-2H3,(H,18,19)(H,23,24)(H,25,26)(H2,20,21,22);4*1-2H2/p-4/b5-3+;;;;. The second-order valence-corrected chi connectivity index (χ2v) is 13.0. The smallest absolute Gasteiger partial charge is 0.267 e. The number of halogens is 1. The van der Waals surface area contributed by atoms with Crippen molar-refractivity contribution >= 4 is 31.1 Å². The van der Waals surface area contributed by atoms with Crippen molar-refractivity contribution in [2.45, 2.75) is 0 Å². The molecule has 49 heavy (non-hydrogen) atoms. The van der Waals surface area contributed by atoms with Gasteiger partial charge in [-0.3, -0.25) is 18.3 Å². The lowest BCUT2D eigenvalue weighted by Gasteiger charge is -2.29. The van der Waals surface area contributed by atoms with Crippen LogP contribution in [0.1, 0.15) is 0 Å². The Kier molecular flexibility index (Phi) is 42.1. The predicted molar refractivity (Wildman–Crippen MR) is 164 cm³/mol. The van der Waals surface area contributed by atoms with E-state index < -0.39 is 89.1 Å². The van der Waals surface area contributed by atoms with E-state index in [1.54, 1.807) is 0 Å². The molecule has 0 saturated heterocycles. The Morgan fingerprint density at radius 3 is 1.57 bits per heavy atom. The Bertz CT molecular complexity index is 982. The van der Waals surface area contributed by atoms with Gasteiger partial charge in [-0.2, -0.15) is 5.54 Å². The third kappa shape index (κ3) is 46.5. The molecule has 0 aromatic heterocycles. The number of phosphoric ester groups is 3. The van der Waals surface area contributed by atoms with Crippen LogP contribution >= 0.6 is 31.1 Å². The first kappa shape index (κ1) is 56.9. The maximum absolute atomic E-state index is 12.6. The van der Waals surface area contributed by atoms with Gasteiger partial charge in [0.25, 0.3) is 23.5 Å². The van der Waals surface area contributed by atoms with Gasteiger partial charge >= 0.3 is 0 Å². The maximum Gasteiger partial charge on any atom is 0.267 e. The summed E-state index contributed by atoms with van der Waals surface area (Å²) >= 11 is 0. The van der Waals surface area contributed by atoms with E-state index in [0.29, 0.717) is 12.5 Å². The SMILES string of the molecule is C=C.C=C.C=C.C=C.CNCC(COP(=O)([O-])O)COP(=O)([O-])OCC(CNF)COP(=O)([O-])OCCOOOOO/C=C/OP(C)(=O)[O-]. The van der Waals surface area contributed by atoms with Gasteiger partial charge in [0.2, 0.25) is 0 Å². The highest BCUT2D eigenvalue weighted by molar-refractivity contribution is 7.50. The molecule has 0 bridgehead atoms. The summed E-state index contributed by atoms with van der Waals surface area (Å²) in [5, 5.41) is 14.3. The molecule has 0 saturated carbocycles.